The van der Waals surface area contributed by atoms with E-state index in [0.29, 0.717) is 19.4 Å². The third kappa shape index (κ3) is 5.57. The average molecular weight is 797 g/mol. The predicted molar refractivity (Wildman–Crippen MR) is 198 cm³/mol. The molecule has 14 nitrogen and oxygen atoms in total. The van der Waals surface area contributed by atoms with Crippen LogP contribution in [-0.4, -0.2) is 152 Å². The molecule has 9 N–H and O–H groups in total. The van der Waals surface area contributed by atoms with Crippen LogP contribution in [0.15, 0.2) is 12.2 Å². The van der Waals surface area contributed by atoms with E-state index in [-0.39, 0.29) is 51.4 Å². The summed E-state index contributed by atoms with van der Waals surface area (Å²) in [7, 11) is 0. The lowest BCUT2D eigenvalue weighted by molar-refractivity contribution is -0.347. The van der Waals surface area contributed by atoms with Gasteiger partial charge in [-0.2, -0.15) is 0 Å². The van der Waals surface area contributed by atoms with Crippen LogP contribution in [0.2, 0.25) is 0 Å². The van der Waals surface area contributed by atoms with Crippen LogP contribution in [0.5, 0.6) is 0 Å². The topological polar surface area (TPSA) is 228 Å². The van der Waals surface area contributed by atoms with Gasteiger partial charge in [0.2, 0.25) is 0 Å². The van der Waals surface area contributed by atoms with Crippen LogP contribution in [0, 0.1) is 50.2 Å². The van der Waals surface area contributed by atoms with Gasteiger partial charge in [0.15, 0.2) is 12.6 Å². The Morgan fingerprint density at radius 2 is 1.36 bits per heavy atom. The maximum absolute atomic E-state index is 12.1. The fourth-order valence-corrected chi connectivity index (χ4v) is 14.3. The summed E-state index contributed by atoms with van der Waals surface area (Å²) in [6, 6.07) is 0. The highest BCUT2D eigenvalue weighted by atomic mass is 16.7. The molecule has 14 heteroatoms. The summed E-state index contributed by atoms with van der Waals surface area (Å²) < 4.78 is 30.7. The molecule has 21 atom stereocenters. The van der Waals surface area contributed by atoms with Gasteiger partial charge in [0.05, 0.1) is 44.2 Å². The molecule has 3 saturated heterocycles. The van der Waals surface area contributed by atoms with Crippen molar-refractivity contribution in [1.82, 2.24) is 0 Å². The molecular formula is C42H68O14. The summed E-state index contributed by atoms with van der Waals surface area (Å²) in [6.07, 6.45) is -4.63. The Kier molecular flexibility index (Phi) is 10.4. The van der Waals surface area contributed by atoms with Crippen molar-refractivity contribution < 1.29 is 69.6 Å². The molecule has 0 aromatic heterocycles. The van der Waals surface area contributed by atoms with Gasteiger partial charge in [-0.1, -0.05) is 53.7 Å². The second kappa shape index (κ2) is 13.9. The Morgan fingerprint density at radius 1 is 0.696 bits per heavy atom. The number of allylic oxidation sites excluding steroid dienone is 1. The van der Waals surface area contributed by atoms with Gasteiger partial charge in [0, 0.05) is 22.2 Å². The number of fused-ring (bicyclic) bond motifs is 4. The molecule has 8 rings (SSSR count). The Hall–Kier alpha value is -0.820. The van der Waals surface area contributed by atoms with Crippen molar-refractivity contribution in [2.45, 2.75) is 172 Å². The molecule has 0 radical (unpaired) electrons. The molecule has 3 heterocycles. The van der Waals surface area contributed by atoms with Gasteiger partial charge >= 0.3 is 0 Å². The maximum atomic E-state index is 12.1. The second-order valence-corrected chi connectivity index (χ2v) is 21.0. The molecule has 8 aliphatic rings. The molecular weight excluding hydrogens is 728 g/mol. The first-order valence-corrected chi connectivity index (χ1v) is 21.1. The summed E-state index contributed by atoms with van der Waals surface area (Å²) in [5, 5.41) is 96.6. The first kappa shape index (κ1) is 41.9. The lowest BCUT2D eigenvalue weighted by Gasteiger charge is -2.73. The van der Waals surface area contributed by atoms with Gasteiger partial charge in [0.25, 0.3) is 0 Å². The van der Waals surface area contributed by atoms with E-state index >= 15 is 0 Å². The van der Waals surface area contributed by atoms with Crippen molar-refractivity contribution in [2.75, 3.05) is 26.4 Å². The molecule has 0 aromatic carbocycles. The van der Waals surface area contributed by atoms with E-state index in [0.717, 1.165) is 38.5 Å². The van der Waals surface area contributed by atoms with Crippen LogP contribution in [0.4, 0.5) is 0 Å². The highest BCUT2D eigenvalue weighted by Gasteiger charge is 2.79. The minimum Gasteiger partial charge on any atom is -0.396 e. The minimum atomic E-state index is -1.68. The number of hydrogen-bond acceptors (Lipinski definition) is 14. The largest absolute Gasteiger partial charge is 0.396 e. The highest BCUT2D eigenvalue weighted by Crippen LogP contribution is 2.79. The number of rotatable bonds is 7. The molecule has 320 valence electrons. The van der Waals surface area contributed by atoms with E-state index in [4.69, 9.17) is 23.7 Å². The third-order valence-electron chi connectivity index (χ3n) is 17.9. The fraction of sp³-hybridized carbons (Fsp3) is 0.952. The van der Waals surface area contributed by atoms with Crippen LogP contribution >= 0.6 is 0 Å². The SMILES string of the molecule is CC1(C)CC[C@]23CO[C@@]4(C=C[C@@H]5[C@@]6(C)CCC(O[C@@H]7O[C@H](CO[C@@H]8O[C@H](CO)[C@@H](O)[C@H](O)[C@H]8O)[C@@H](O)[C@H](O)[C@H]7O)[C@@](C)(CO)[C@@H]6CC[C@@]5(C)[C@]4(C)CC2O)[C@@H]3C1. The zero-order valence-electron chi connectivity index (χ0n) is 33.9. The van der Waals surface area contributed by atoms with Gasteiger partial charge in [-0.15, -0.1) is 0 Å². The maximum Gasteiger partial charge on any atom is 0.186 e. The normalized spacial score (nSPS) is 58.8. The first-order chi connectivity index (χ1) is 26.2. The Labute approximate surface area is 330 Å². The molecule has 2 unspecified atom stereocenters. The lowest BCUT2D eigenvalue weighted by atomic mass is 9.32. The molecule has 0 aromatic rings. The molecule has 1 spiro atoms. The average Bonchev–Trinajstić information content (AvgIpc) is 3.43. The molecule has 4 saturated carbocycles. The molecule has 2 bridgehead atoms. The lowest BCUT2D eigenvalue weighted by Crippen LogP contribution is -2.72. The van der Waals surface area contributed by atoms with Crippen molar-refractivity contribution in [1.29, 1.82) is 0 Å². The summed E-state index contributed by atoms with van der Waals surface area (Å²) in [5.41, 5.74) is -2.05. The van der Waals surface area contributed by atoms with Crippen LogP contribution in [-0.2, 0) is 23.7 Å². The Balaban J connectivity index is 1.02. The summed E-state index contributed by atoms with van der Waals surface area (Å²) in [4.78, 5) is 0. The standard InChI is InChI=1S/C42H68O14/c1-36(2)13-14-41-20-53-42(25(41)15-36)12-8-24-37(3)10-9-27(38(4,19-44)23(37)7-11-39(24,5)40(42,6)16-26(41)45)56-35-33(51)31(49)29(47)22(55-35)18-52-34-32(50)30(48)28(46)21(17-43)54-34/h8,12,21-35,43-51H,7,9-11,13-20H2,1-6H3/t21-,22-,23-,24-,25-,26?,27?,28-,29-,30+,31+,32-,33-,34-,35+,37+,38+,39-,40+,41-,42+/m1/s1. The van der Waals surface area contributed by atoms with Crippen molar-refractivity contribution in [3.63, 3.8) is 0 Å². The van der Waals surface area contributed by atoms with Crippen molar-refractivity contribution in [3.8, 4) is 0 Å². The van der Waals surface area contributed by atoms with Crippen LogP contribution < -0.4 is 0 Å². The van der Waals surface area contributed by atoms with Gasteiger partial charge in [-0.05, 0) is 79.4 Å². The van der Waals surface area contributed by atoms with Crippen LogP contribution in [0.25, 0.3) is 0 Å². The van der Waals surface area contributed by atoms with Crippen molar-refractivity contribution in [2.24, 2.45) is 50.2 Å². The number of aliphatic hydroxyl groups is 9. The zero-order chi connectivity index (χ0) is 40.6. The van der Waals surface area contributed by atoms with E-state index < -0.39 is 97.8 Å². The van der Waals surface area contributed by atoms with Gasteiger partial charge in [0.1, 0.15) is 48.8 Å². The monoisotopic (exact) mass is 796 g/mol. The van der Waals surface area contributed by atoms with E-state index in [2.05, 4.69) is 46.8 Å². The van der Waals surface area contributed by atoms with Gasteiger partial charge in [-0.25, -0.2) is 0 Å². The predicted octanol–water partition coefficient (Wildman–Crippen LogP) is 0.749. The van der Waals surface area contributed by atoms with E-state index in [1.54, 1.807) is 0 Å². The molecule has 7 fully saturated rings. The summed E-state index contributed by atoms with van der Waals surface area (Å²) in [5.74, 6) is 0.377. The molecule has 56 heavy (non-hydrogen) atoms. The Bertz CT molecular complexity index is 1510. The minimum absolute atomic E-state index is 0.00593. The quantitative estimate of drug-likeness (QED) is 0.128. The Morgan fingerprint density at radius 3 is 2.04 bits per heavy atom. The van der Waals surface area contributed by atoms with E-state index in [9.17, 15) is 46.0 Å². The van der Waals surface area contributed by atoms with E-state index in [1.807, 2.05) is 6.92 Å². The fourth-order valence-electron chi connectivity index (χ4n) is 14.3. The van der Waals surface area contributed by atoms with Crippen LogP contribution in [0.1, 0.15) is 92.9 Å². The molecule has 3 aliphatic heterocycles. The summed E-state index contributed by atoms with van der Waals surface area (Å²) in [6.45, 7) is 13.2. The van der Waals surface area contributed by atoms with Crippen molar-refractivity contribution in [3.05, 3.63) is 12.2 Å². The van der Waals surface area contributed by atoms with E-state index in [1.165, 1.54) is 0 Å². The molecule has 0 amide bonds. The van der Waals surface area contributed by atoms with Gasteiger partial charge in [-0.3, -0.25) is 0 Å². The second-order valence-electron chi connectivity index (χ2n) is 21.0. The van der Waals surface area contributed by atoms with Crippen molar-refractivity contribution >= 4 is 0 Å². The van der Waals surface area contributed by atoms with Crippen LogP contribution in [0.3, 0.4) is 0 Å². The number of aliphatic hydroxyl groups excluding tert-OH is 9. The zero-order valence-corrected chi connectivity index (χ0v) is 33.9. The number of ether oxygens (including phenoxy) is 5. The number of hydrogen-bond donors (Lipinski definition) is 9. The third-order valence-corrected chi connectivity index (χ3v) is 17.9. The molecule has 5 aliphatic carbocycles. The first-order valence-electron chi connectivity index (χ1n) is 21.1. The summed E-state index contributed by atoms with van der Waals surface area (Å²) >= 11 is 0. The van der Waals surface area contributed by atoms with Gasteiger partial charge < -0.3 is 69.6 Å². The highest BCUT2D eigenvalue weighted by molar-refractivity contribution is 5.36. The smallest absolute Gasteiger partial charge is 0.186 e.